The van der Waals surface area contributed by atoms with Crippen LogP contribution in [0.15, 0.2) is 48.5 Å². The number of amides is 2. The van der Waals surface area contributed by atoms with Gasteiger partial charge in [-0.3, -0.25) is 9.59 Å². The predicted octanol–water partition coefficient (Wildman–Crippen LogP) is 3.25. The number of hydrogen-bond donors (Lipinski definition) is 2. The summed E-state index contributed by atoms with van der Waals surface area (Å²) < 4.78 is 18.2. The number of carbonyl (C=O) groups excluding carboxylic acids is 3. The van der Waals surface area contributed by atoms with Gasteiger partial charge in [-0.05, 0) is 55.0 Å². The number of benzene rings is 2. The fraction of sp³-hybridized carbons (Fsp3) is 0.200. The molecule has 0 heterocycles. The monoisotopic (exact) mass is 383 g/mol. The van der Waals surface area contributed by atoms with Crippen molar-refractivity contribution in [2.45, 2.75) is 25.9 Å². The Morgan fingerprint density at radius 3 is 2.18 bits per heavy atom. The zero-order chi connectivity index (χ0) is 20.5. The standard InChI is InChI=1S/C20H18FN3O4/c1-2-17(19(26)24-16-9-5-14(21)6-10-16)28-20(27)13-3-7-15(8-4-13)23-18(25)11-12-22/h3-10,17H,2,11H2,1H3,(H,23,25)(H,24,26). The van der Waals surface area contributed by atoms with Gasteiger partial charge in [-0.1, -0.05) is 6.92 Å². The van der Waals surface area contributed by atoms with E-state index in [9.17, 15) is 18.8 Å². The number of esters is 1. The number of anilines is 2. The van der Waals surface area contributed by atoms with Gasteiger partial charge in [0.15, 0.2) is 6.10 Å². The molecule has 28 heavy (non-hydrogen) atoms. The molecule has 2 aromatic rings. The van der Waals surface area contributed by atoms with Gasteiger partial charge >= 0.3 is 5.97 Å². The van der Waals surface area contributed by atoms with Crippen molar-refractivity contribution in [3.05, 3.63) is 59.9 Å². The molecule has 0 saturated heterocycles. The fourth-order valence-electron chi connectivity index (χ4n) is 2.24. The summed E-state index contributed by atoms with van der Waals surface area (Å²) in [5.74, 6) is -2.11. The normalized spacial score (nSPS) is 11.0. The van der Waals surface area contributed by atoms with E-state index in [1.807, 2.05) is 0 Å². The lowest BCUT2D eigenvalue weighted by molar-refractivity contribution is -0.124. The molecule has 7 nitrogen and oxygen atoms in total. The average molecular weight is 383 g/mol. The third-order valence-electron chi connectivity index (χ3n) is 3.67. The summed E-state index contributed by atoms with van der Waals surface area (Å²) in [6.07, 6.45) is -1.04. The maximum Gasteiger partial charge on any atom is 0.338 e. The third-order valence-corrected chi connectivity index (χ3v) is 3.67. The van der Waals surface area contributed by atoms with E-state index in [2.05, 4.69) is 10.6 Å². The molecule has 0 aliphatic carbocycles. The minimum absolute atomic E-state index is 0.200. The van der Waals surface area contributed by atoms with E-state index < -0.39 is 29.7 Å². The van der Waals surface area contributed by atoms with Crippen LogP contribution in [-0.4, -0.2) is 23.9 Å². The van der Waals surface area contributed by atoms with Crippen molar-refractivity contribution in [2.24, 2.45) is 0 Å². The zero-order valence-electron chi connectivity index (χ0n) is 15.1. The number of hydrogen-bond acceptors (Lipinski definition) is 5. The highest BCUT2D eigenvalue weighted by Crippen LogP contribution is 2.14. The molecule has 2 N–H and O–H groups in total. The van der Waals surface area contributed by atoms with Crippen molar-refractivity contribution in [3.63, 3.8) is 0 Å². The summed E-state index contributed by atoms with van der Waals surface area (Å²) in [6.45, 7) is 1.69. The lowest BCUT2D eigenvalue weighted by Crippen LogP contribution is -2.32. The first-order valence-electron chi connectivity index (χ1n) is 8.47. The molecular formula is C20H18FN3O4. The summed E-state index contributed by atoms with van der Waals surface area (Å²) in [5, 5.41) is 13.5. The molecule has 0 aromatic heterocycles. The number of nitrogens with zero attached hydrogens (tertiary/aromatic N) is 1. The fourth-order valence-corrected chi connectivity index (χ4v) is 2.24. The number of nitriles is 1. The molecule has 1 atom stereocenters. The summed E-state index contributed by atoms with van der Waals surface area (Å²) >= 11 is 0. The van der Waals surface area contributed by atoms with E-state index in [1.54, 1.807) is 13.0 Å². The molecule has 1 unspecified atom stereocenters. The van der Waals surface area contributed by atoms with Crippen LogP contribution in [0.2, 0.25) is 0 Å². The first-order chi connectivity index (χ1) is 13.4. The second-order valence-electron chi connectivity index (χ2n) is 5.76. The number of ether oxygens (including phenoxy) is 1. The van der Waals surface area contributed by atoms with Crippen LogP contribution >= 0.6 is 0 Å². The highest BCUT2D eigenvalue weighted by Gasteiger charge is 2.22. The molecule has 0 fully saturated rings. The van der Waals surface area contributed by atoms with Crippen LogP contribution in [0.4, 0.5) is 15.8 Å². The second-order valence-corrected chi connectivity index (χ2v) is 5.76. The van der Waals surface area contributed by atoms with Crippen LogP contribution in [0.25, 0.3) is 0 Å². The molecule has 0 spiro atoms. The zero-order valence-corrected chi connectivity index (χ0v) is 15.1. The van der Waals surface area contributed by atoms with Gasteiger partial charge in [-0.25, -0.2) is 9.18 Å². The van der Waals surface area contributed by atoms with Crippen LogP contribution < -0.4 is 10.6 Å². The maximum atomic E-state index is 12.9. The number of carbonyl (C=O) groups is 3. The van der Waals surface area contributed by atoms with Gasteiger partial charge in [0.25, 0.3) is 5.91 Å². The highest BCUT2D eigenvalue weighted by molar-refractivity contribution is 5.98. The van der Waals surface area contributed by atoms with Gasteiger partial charge in [0.05, 0.1) is 11.6 Å². The summed E-state index contributed by atoms with van der Waals surface area (Å²) in [5.41, 5.74) is 1.02. The van der Waals surface area contributed by atoms with Crippen molar-refractivity contribution in [2.75, 3.05) is 10.6 Å². The van der Waals surface area contributed by atoms with Crippen LogP contribution in [0.5, 0.6) is 0 Å². The molecule has 144 valence electrons. The largest absolute Gasteiger partial charge is 0.449 e. The van der Waals surface area contributed by atoms with Gasteiger partial charge < -0.3 is 15.4 Å². The van der Waals surface area contributed by atoms with Gasteiger partial charge in [0.2, 0.25) is 5.91 Å². The van der Waals surface area contributed by atoms with Crippen molar-refractivity contribution in [3.8, 4) is 6.07 Å². The van der Waals surface area contributed by atoms with Crippen LogP contribution in [0.3, 0.4) is 0 Å². The Morgan fingerprint density at radius 1 is 1.04 bits per heavy atom. The molecule has 0 bridgehead atoms. The van der Waals surface area contributed by atoms with Crippen molar-refractivity contribution in [1.82, 2.24) is 0 Å². The smallest absolute Gasteiger partial charge is 0.338 e. The van der Waals surface area contributed by atoms with Gasteiger partial charge in [0, 0.05) is 11.4 Å². The van der Waals surface area contributed by atoms with E-state index in [-0.39, 0.29) is 18.4 Å². The van der Waals surface area contributed by atoms with Crippen molar-refractivity contribution >= 4 is 29.2 Å². The molecule has 8 heteroatoms. The minimum Gasteiger partial charge on any atom is -0.449 e. The lowest BCUT2D eigenvalue weighted by Gasteiger charge is -2.16. The Balaban J connectivity index is 1.97. The Morgan fingerprint density at radius 2 is 1.61 bits per heavy atom. The van der Waals surface area contributed by atoms with Gasteiger partial charge in [0.1, 0.15) is 12.2 Å². The molecule has 0 aliphatic heterocycles. The summed E-state index contributed by atoms with van der Waals surface area (Å²) in [6, 6.07) is 12.8. The molecule has 0 radical (unpaired) electrons. The first kappa shape index (κ1) is 20.6. The maximum absolute atomic E-state index is 12.9. The molecular weight excluding hydrogens is 365 g/mol. The molecule has 2 rings (SSSR count). The van der Waals surface area contributed by atoms with Crippen molar-refractivity contribution in [1.29, 1.82) is 5.26 Å². The van der Waals surface area contributed by atoms with Crippen LogP contribution in [-0.2, 0) is 14.3 Å². The second kappa shape index (κ2) is 9.83. The Hall–Kier alpha value is -3.73. The highest BCUT2D eigenvalue weighted by atomic mass is 19.1. The molecule has 2 amide bonds. The summed E-state index contributed by atoms with van der Waals surface area (Å²) in [4.78, 5) is 35.9. The van der Waals surface area contributed by atoms with E-state index in [0.29, 0.717) is 11.4 Å². The molecule has 2 aromatic carbocycles. The Bertz CT molecular complexity index is 889. The van der Waals surface area contributed by atoms with E-state index in [1.165, 1.54) is 48.5 Å². The minimum atomic E-state index is -1.02. The third kappa shape index (κ3) is 5.92. The van der Waals surface area contributed by atoms with Gasteiger partial charge in [-0.2, -0.15) is 5.26 Å². The van der Waals surface area contributed by atoms with Crippen LogP contribution in [0, 0.1) is 17.1 Å². The van der Waals surface area contributed by atoms with Crippen molar-refractivity contribution < 1.29 is 23.5 Å². The van der Waals surface area contributed by atoms with E-state index in [4.69, 9.17) is 10.00 Å². The molecule has 0 saturated carbocycles. The molecule has 0 aliphatic rings. The number of nitrogens with one attached hydrogen (secondary N) is 2. The Labute approximate surface area is 161 Å². The number of rotatable bonds is 7. The van der Waals surface area contributed by atoms with E-state index in [0.717, 1.165) is 0 Å². The van der Waals surface area contributed by atoms with Gasteiger partial charge in [-0.15, -0.1) is 0 Å². The first-order valence-corrected chi connectivity index (χ1v) is 8.47. The summed E-state index contributed by atoms with van der Waals surface area (Å²) in [7, 11) is 0. The van der Waals surface area contributed by atoms with E-state index >= 15 is 0 Å². The van der Waals surface area contributed by atoms with Crippen LogP contribution in [0.1, 0.15) is 30.1 Å². The Kier molecular flexibility index (Phi) is 7.22. The lowest BCUT2D eigenvalue weighted by atomic mass is 10.2. The SMILES string of the molecule is CCC(OC(=O)c1ccc(NC(=O)CC#N)cc1)C(=O)Nc1ccc(F)cc1. The average Bonchev–Trinajstić information content (AvgIpc) is 2.68. The topological polar surface area (TPSA) is 108 Å². The predicted molar refractivity (Wildman–Crippen MR) is 99.8 cm³/mol. The quantitative estimate of drug-likeness (QED) is 0.714. The number of halogens is 1.